The van der Waals surface area contributed by atoms with E-state index < -0.39 is 24.5 Å². The molecule has 8 heteroatoms. The third kappa shape index (κ3) is 4.80. The van der Waals surface area contributed by atoms with Gasteiger partial charge in [0.25, 0.3) is 5.91 Å². The van der Waals surface area contributed by atoms with Gasteiger partial charge in [-0.05, 0) is 37.1 Å². The molecule has 0 spiro atoms. The van der Waals surface area contributed by atoms with E-state index >= 15 is 0 Å². The predicted octanol–water partition coefficient (Wildman–Crippen LogP) is 2.86. The molecule has 0 radical (unpaired) electrons. The van der Waals surface area contributed by atoms with Crippen molar-refractivity contribution >= 4 is 39.7 Å². The summed E-state index contributed by atoms with van der Waals surface area (Å²) >= 11 is 0. The molecule has 32 heavy (non-hydrogen) atoms. The van der Waals surface area contributed by atoms with Crippen LogP contribution in [0.2, 0.25) is 0 Å². The Morgan fingerprint density at radius 3 is 2.12 bits per heavy atom. The number of amides is 3. The summed E-state index contributed by atoms with van der Waals surface area (Å²) in [6, 6.07) is 13.6. The molecule has 2 aromatic carbocycles. The number of nitrogens with one attached hydrogen (secondary N) is 2. The second-order valence-electron chi connectivity index (χ2n) is 7.97. The second-order valence-corrected chi connectivity index (χ2v) is 7.97. The fraction of sp³-hybridized carbons (Fsp3) is 0.333. The van der Waals surface area contributed by atoms with Crippen molar-refractivity contribution in [1.82, 2.24) is 15.2 Å². The lowest BCUT2D eigenvalue weighted by atomic mass is 9.96. The van der Waals surface area contributed by atoms with E-state index in [4.69, 9.17) is 4.74 Å². The summed E-state index contributed by atoms with van der Waals surface area (Å²) in [6.45, 7) is -0.740. The summed E-state index contributed by atoms with van der Waals surface area (Å²) in [5, 5.41) is 5.97. The summed E-state index contributed by atoms with van der Waals surface area (Å²) in [7, 11) is 0. The molecule has 2 N–H and O–H groups in total. The second kappa shape index (κ2) is 9.64. The standard InChI is InChI=1S/C24H25N3O5/c28-21(26-24(31)25-16-8-2-1-3-9-16)15-32-22(29)14-27-19-12-6-4-10-17(19)23(30)18-11-5-7-13-20(18)27/h4-7,10-13,16H,1-3,8-9,14-15H2,(H2,25,26,28,31). The number of aromatic nitrogens is 1. The van der Waals surface area contributed by atoms with Crippen LogP contribution in [0.4, 0.5) is 4.79 Å². The first-order valence-corrected chi connectivity index (χ1v) is 10.8. The van der Waals surface area contributed by atoms with E-state index in [0.717, 1.165) is 32.1 Å². The van der Waals surface area contributed by atoms with Crippen molar-refractivity contribution in [2.75, 3.05) is 6.61 Å². The van der Waals surface area contributed by atoms with Crippen molar-refractivity contribution in [2.24, 2.45) is 0 Å². The predicted molar refractivity (Wildman–Crippen MR) is 120 cm³/mol. The van der Waals surface area contributed by atoms with Crippen LogP contribution in [0.5, 0.6) is 0 Å². The summed E-state index contributed by atoms with van der Waals surface area (Å²) in [4.78, 5) is 49.2. The van der Waals surface area contributed by atoms with Crippen molar-refractivity contribution in [3.05, 3.63) is 58.8 Å². The van der Waals surface area contributed by atoms with Crippen LogP contribution in [0, 0.1) is 0 Å². The van der Waals surface area contributed by atoms with Crippen molar-refractivity contribution in [2.45, 2.75) is 44.7 Å². The maximum absolute atomic E-state index is 12.8. The van der Waals surface area contributed by atoms with Gasteiger partial charge in [-0.25, -0.2) is 4.79 Å². The van der Waals surface area contributed by atoms with Crippen molar-refractivity contribution in [3.63, 3.8) is 0 Å². The summed E-state index contributed by atoms with van der Waals surface area (Å²) in [5.41, 5.74) is 1.10. The van der Waals surface area contributed by atoms with Crippen molar-refractivity contribution in [3.8, 4) is 0 Å². The molecule has 1 fully saturated rings. The minimum Gasteiger partial charge on any atom is -0.454 e. The number of nitrogens with zero attached hydrogens (tertiary/aromatic N) is 1. The number of ether oxygens (including phenoxy) is 1. The maximum Gasteiger partial charge on any atom is 0.326 e. The third-order valence-corrected chi connectivity index (χ3v) is 5.72. The van der Waals surface area contributed by atoms with Crippen LogP contribution in [-0.2, 0) is 20.9 Å². The number of urea groups is 1. The van der Waals surface area contributed by atoms with Crippen molar-refractivity contribution < 1.29 is 19.1 Å². The molecule has 0 saturated heterocycles. The molecule has 3 aromatic rings. The Morgan fingerprint density at radius 1 is 0.906 bits per heavy atom. The number of carbonyl (C=O) groups excluding carboxylic acids is 3. The van der Waals surface area contributed by atoms with E-state index in [1.165, 1.54) is 0 Å². The van der Waals surface area contributed by atoms with Gasteiger partial charge in [0.2, 0.25) is 0 Å². The first-order chi connectivity index (χ1) is 15.5. The number of hydrogen-bond donors (Lipinski definition) is 2. The van der Waals surface area contributed by atoms with Gasteiger partial charge in [-0.1, -0.05) is 43.5 Å². The summed E-state index contributed by atoms with van der Waals surface area (Å²) in [5.74, 6) is -1.34. The Hall–Kier alpha value is -3.68. The normalized spacial score (nSPS) is 14.2. The van der Waals surface area contributed by atoms with E-state index in [-0.39, 0.29) is 18.0 Å². The topological polar surface area (TPSA) is 106 Å². The number of hydrogen-bond acceptors (Lipinski definition) is 5. The first kappa shape index (κ1) is 21.5. The maximum atomic E-state index is 12.8. The zero-order valence-electron chi connectivity index (χ0n) is 17.6. The van der Waals surface area contributed by atoms with Crippen LogP contribution in [0.1, 0.15) is 32.1 Å². The van der Waals surface area contributed by atoms with E-state index in [0.29, 0.717) is 21.8 Å². The molecule has 1 aromatic heterocycles. The SMILES string of the molecule is O=C(COC(=O)Cn1c2ccccc2c(=O)c2ccccc21)NC(=O)NC1CCCCC1. The van der Waals surface area contributed by atoms with E-state index in [1.54, 1.807) is 53.1 Å². The van der Waals surface area contributed by atoms with Crippen LogP contribution in [0.3, 0.4) is 0 Å². The molecule has 166 valence electrons. The minimum absolute atomic E-state index is 0.0704. The molecule has 0 unspecified atom stereocenters. The zero-order chi connectivity index (χ0) is 22.5. The molecule has 0 bridgehead atoms. The van der Waals surface area contributed by atoms with Gasteiger partial charge in [-0.15, -0.1) is 0 Å². The number of para-hydroxylation sites is 2. The van der Waals surface area contributed by atoms with Gasteiger partial charge in [-0.2, -0.15) is 0 Å². The number of carbonyl (C=O) groups is 3. The number of fused-ring (bicyclic) bond motifs is 2. The molecular weight excluding hydrogens is 410 g/mol. The monoisotopic (exact) mass is 435 g/mol. The van der Waals surface area contributed by atoms with Crippen LogP contribution >= 0.6 is 0 Å². The van der Waals surface area contributed by atoms with Gasteiger partial charge in [0.15, 0.2) is 12.0 Å². The van der Waals surface area contributed by atoms with E-state index in [2.05, 4.69) is 10.6 Å². The molecule has 0 aliphatic heterocycles. The summed E-state index contributed by atoms with van der Waals surface area (Å²) < 4.78 is 6.79. The smallest absolute Gasteiger partial charge is 0.326 e. The lowest BCUT2D eigenvalue weighted by Gasteiger charge is -2.22. The Bertz CT molecular complexity index is 1170. The zero-order valence-corrected chi connectivity index (χ0v) is 17.6. The van der Waals surface area contributed by atoms with Crippen LogP contribution in [0.15, 0.2) is 53.3 Å². The van der Waals surface area contributed by atoms with Gasteiger partial charge < -0.3 is 14.6 Å². The average Bonchev–Trinajstić information content (AvgIpc) is 2.81. The van der Waals surface area contributed by atoms with Crippen LogP contribution in [0.25, 0.3) is 21.8 Å². The van der Waals surface area contributed by atoms with E-state index in [9.17, 15) is 19.2 Å². The lowest BCUT2D eigenvalue weighted by Crippen LogP contribution is -2.46. The van der Waals surface area contributed by atoms with Gasteiger partial charge in [0.1, 0.15) is 6.54 Å². The molecule has 0 atom stereocenters. The average molecular weight is 435 g/mol. The molecule has 4 rings (SSSR count). The Labute approximate surface area is 184 Å². The Balaban J connectivity index is 1.41. The molecule has 1 saturated carbocycles. The molecular formula is C24H25N3O5. The molecule has 1 heterocycles. The summed E-state index contributed by atoms with van der Waals surface area (Å²) in [6.07, 6.45) is 5.08. The van der Waals surface area contributed by atoms with Crippen molar-refractivity contribution in [1.29, 1.82) is 0 Å². The number of imide groups is 1. The third-order valence-electron chi connectivity index (χ3n) is 5.72. The quantitative estimate of drug-likeness (QED) is 0.473. The van der Waals surface area contributed by atoms with Gasteiger partial charge in [0.05, 0.1) is 11.0 Å². The fourth-order valence-corrected chi connectivity index (χ4v) is 4.20. The highest BCUT2D eigenvalue weighted by molar-refractivity contribution is 5.96. The lowest BCUT2D eigenvalue weighted by molar-refractivity contribution is -0.148. The fourth-order valence-electron chi connectivity index (χ4n) is 4.20. The number of benzene rings is 2. The van der Waals surface area contributed by atoms with Gasteiger partial charge in [0, 0.05) is 16.8 Å². The highest BCUT2D eigenvalue weighted by Gasteiger charge is 2.18. The minimum atomic E-state index is -0.693. The number of pyridine rings is 1. The largest absolute Gasteiger partial charge is 0.454 e. The molecule has 8 nitrogen and oxygen atoms in total. The van der Waals surface area contributed by atoms with Gasteiger partial charge in [-0.3, -0.25) is 19.7 Å². The van der Waals surface area contributed by atoms with Gasteiger partial charge >= 0.3 is 12.0 Å². The molecule has 3 amide bonds. The highest BCUT2D eigenvalue weighted by Crippen LogP contribution is 2.19. The highest BCUT2D eigenvalue weighted by atomic mass is 16.5. The molecule has 1 aliphatic rings. The number of rotatable bonds is 5. The molecule has 1 aliphatic carbocycles. The van der Waals surface area contributed by atoms with Crippen LogP contribution < -0.4 is 16.1 Å². The number of esters is 1. The Morgan fingerprint density at radius 2 is 1.50 bits per heavy atom. The Kier molecular flexibility index (Phi) is 6.49. The first-order valence-electron chi connectivity index (χ1n) is 10.8. The van der Waals surface area contributed by atoms with Crippen LogP contribution in [-0.4, -0.2) is 35.1 Å². The van der Waals surface area contributed by atoms with E-state index in [1.807, 2.05) is 0 Å².